The van der Waals surface area contributed by atoms with Gasteiger partial charge in [0.05, 0.1) is 24.9 Å². The van der Waals surface area contributed by atoms with Gasteiger partial charge in [-0.05, 0) is 59.2 Å². The van der Waals surface area contributed by atoms with Gasteiger partial charge in [0.1, 0.15) is 0 Å². The van der Waals surface area contributed by atoms with Gasteiger partial charge in [0, 0.05) is 52.9 Å². The molecule has 184 valence electrons. The maximum atomic E-state index is 13.1. The molecule has 0 fully saturated rings. The Kier molecular flexibility index (Phi) is 6.27. The molecule has 2 aromatic heterocycles. The standard InChI is InChI=1S/C27H24N2O5S2/c1-29-15-20-11-18(4-6-22(20)27(29)30)25-8-9-26(35-25)19-10-17(13-28-14-19)16-36(31,32)21-5-7-23(33-2)24(12-21)34-3/h4-14H,15-16H2,1-3H3. The summed E-state index contributed by atoms with van der Waals surface area (Å²) in [5, 5.41) is 0. The molecule has 3 heterocycles. The van der Waals surface area contributed by atoms with E-state index >= 15 is 0 Å². The Bertz CT molecular complexity index is 1580. The van der Waals surface area contributed by atoms with Crippen LogP contribution in [0.1, 0.15) is 21.5 Å². The van der Waals surface area contributed by atoms with Crippen LogP contribution in [0.15, 0.2) is 71.9 Å². The summed E-state index contributed by atoms with van der Waals surface area (Å²) in [6, 6.07) is 16.4. The second kappa shape index (κ2) is 9.40. The van der Waals surface area contributed by atoms with E-state index in [0.717, 1.165) is 32.0 Å². The van der Waals surface area contributed by atoms with Gasteiger partial charge in [-0.3, -0.25) is 9.78 Å². The fraction of sp³-hybridized carbons (Fsp3) is 0.185. The SMILES string of the molecule is COc1ccc(S(=O)(=O)Cc2cncc(-c3ccc(-c4ccc5c(c4)CN(C)C5=O)s3)c2)cc1OC. The van der Waals surface area contributed by atoms with Gasteiger partial charge in [-0.1, -0.05) is 6.07 Å². The largest absolute Gasteiger partial charge is 0.493 e. The average molecular weight is 521 g/mol. The maximum absolute atomic E-state index is 13.1. The van der Waals surface area contributed by atoms with Crippen molar-refractivity contribution in [3.63, 3.8) is 0 Å². The molecule has 1 amide bonds. The summed E-state index contributed by atoms with van der Waals surface area (Å²) in [6.45, 7) is 0.612. The topological polar surface area (TPSA) is 85.8 Å². The quantitative estimate of drug-likeness (QED) is 0.339. The lowest BCUT2D eigenvalue weighted by Crippen LogP contribution is -2.17. The van der Waals surface area contributed by atoms with Gasteiger partial charge < -0.3 is 14.4 Å². The normalized spacial score (nSPS) is 13.1. The van der Waals surface area contributed by atoms with Crippen LogP contribution >= 0.6 is 11.3 Å². The molecule has 36 heavy (non-hydrogen) atoms. The van der Waals surface area contributed by atoms with Crippen LogP contribution in [0.2, 0.25) is 0 Å². The van der Waals surface area contributed by atoms with Crippen molar-refractivity contribution in [3.05, 3.63) is 83.7 Å². The second-order valence-corrected chi connectivity index (χ2v) is 11.6. The zero-order chi connectivity index (χ0) is 25.4. The van der Waals surface area contributed by atoms with E-state index < -0.39 is 9.84 Å². The fourth-order valence-electron chi connectivity index (χ4n) is 4.28. The first-order chi connectivity index (χ1) is 17.3. The average Bonchev–Trinajstić information content (AvgIpc) is 3.48. The van der Waals surface area contributed by atoms with Gasteiger partial charge in [-0.15, -0.1) is 11.3 Å². The van der Waals surface area contributed by atoms with E-state index in [4.69, 9.17) is 9.47 Å². The third-order valence-electron chi connectivity index (χ3n) is 6.13. The van der Waals surface area contributed by atoms with Crippen molar-refractivity contribution in [3.8, 4) is 32.4 Å². The first-order valence-corrected chi connectivity index (χ1v) is 13.6. The van der Waals surface area contributed by atoms with E-state index in [2.05, 4.69) is 11.1 Å². The van der Waals surface area contributed by atoms with Crippen LogP contribution in [0.5, 0.6) is 11.5 Å². The third kappa shape index (κ3) is 4.47. The summed E-state index contributed by atoms with van der Waals surface area (Å²) in [4.78, 5) is 20.4. The monoisotopic (exact) mass is 520 g/mol. The molecule has 9 heteroatoms. The molecule has 0 saturated carbocycles. The van der Waals surface area contributed by atoms with Crippen LogP contribution in [-0.4, -0.2) is 45.5 Å². The Morgan fingerprint density at radius 2 is 1.67 bits per heavy atom. The number of fused-ring (bicyclic) bond motifs is 1. The van der Waals surface area contributed by atoms with E-state index in [1.807, 2.05) is 30.3 Å². The minimum absolute atomic E-state index is 0.0503. The Hall–Kier alpha value is -3.69. The molecule has 0 saturated heterocycles. The van der Waals surface area contributed by atoms with Crippen LogP contribution in [0, 0.1) is 0 Å². The van der Waals surface area contributed by atoms with Gasteiger partial charge in [0.2, 0.25) is 0 Å². The lowest BCUT2D eigenvalue weighted by molar-refractivity contribution is 0.0816. The number of carbonyl (C=O) groups is 1. The highest BCUT2D eigenvalue weighted by Crippen LogP contribution is 2.37. The predicted octanol–water partition coefficient (Wildman–Crippen LogP) is 5.05. The smallest absolute Gasteiger partial charge is 0.254 e. The number of pyridine rings is 1. The number of ether oxygens (including phenoxy) is 2. The van der Waals surface area contributed by atoms with E-state index in [-0.39, 0.29) is 16.6 Å². The summed E-state index contributed by atoms with van der Waals surface area (Å²) in [6.07, 6.45) is 3.31. The van der Waals surface area contributed by atoms with Gasteiger partial charge >= 0.3 is 0 Å². The lowest BCUT2D eigenvalue weighted by Gasteiger charge is -2.10. The zero-order valence-corrected chi connectivity index (χ0v) is 21.7. The second-order valence-electron chi connectivity index (χ2n) is 8.55. The van der Waals surface area contributed by atoms with Crippen molar-refractivity contribution < 1.29 is 22.7 Å². The first-order valence-electron chi connectivity index (χ1n) is 11.2. The molecule has 4 aromatic rings. The number of nitrogens with zero attached hydrogens (tertiary/aromatic N) is 2. The van der Waals surface area contributed by atoms with Crippen LogP contribution in [0.3, 0.4) is 0 Å². The molecule has 0 radical (unpaired) electrons. The number of carbonyl (C=O) groups excluding carboxylic acids is 1. The number of sulfone groups is 1. The third-order valence-corrected chi connectivity index (χ3v) is 9.00. The minimum atomic E-state index is -3.63. The molecular formula is C27H24N2O5S2. The van der Waals surface area contributed by atoms with E-state index in [1.54, 1.807) is 41.7 Å². The summed E-state index contributed by atoms with van der Waals surface area (Å²) < 4.78 is 36.7. The minimum Gasteiger partial charge on any atom is -0.493 e. The fourth-order valence-corrected chi connectivity index (χ4v) is 6.59. The maximum Gasteiger partial charge on any atom is 0.254 e. The molecule has 0 aliphatic carbocycles. The van der Waals surface area contributed by atoms with Crippen LogP contribution < -0.4 is 9.47 Å². The van der Waals surface area contributed by atoms with Crippen molar-refractivity contribution in [1.29, 1.82) is 0 Å². The van der Waals surface area contributed by atoms with Crippen molar-refractivity contribution in [2.45, 2.75) is 17.2 Å². The van der Waals surface area contributed by atoms with Crippen LogP contribution in [0.25, 0.3) is 20.9 Å². The molecule has 0 unspecified atom stereocenters. The summed E-state index contributed by atoms with van der Waals surface area (Å²) in [5.41, 5.74) is 4.27. The van der Waals surface area contributed by atoms with E-state index in [1.165, 1.54) is 26.4 Å². The molecule has 0 spiro atoms. The zero-order valence-electron chi connectivity index (χ0n) is 20.0. The highest BCUT2D eigenvalue weighted by Gasteiger charge is 2.24. The van der Waals surface area contributed by atoms with Gasteiger partial charge in [0.25, 0.3) is 5.91 Å². The van der Waals surface area contributed by atoms with Crippen LogP contribution in [0.4, 0.5) is 0 Å². The van der Waals surface area contributed by atoms with Crippen molar-refractivity contribution >= 4 is 27.1 Å². The number of hydrogen-bond donors (Lipinski definition) is 0. The Morgan fingerprint density at radius 3 is 2.42 bits per heavy atom. The first kappa shape index (κ1) is 24.0. The molecule has 7 nitrogen and oxygen atoms in total. The number of aromatic nitrogens is 1. The van der Waals surface area contributed by atoms with E-state index in [0.29, 0.717) is 23.6 Å². The highest BCUT2D eigenvalue weighted by atomic mass is 32.2. The van der Waals surface area contributed by atoms with E-state index in [9.17, 15) is 13.2 Å². The molecule has 5 rings (SSSR count). The highest BCUT2D eigenvalue weighted by molar-refractivity contribution is 7.90. The Morgan fingerprint density at radius 1 is 0.917 bits per heavy atom. The van der Waals surface area contributed by atoms with Crippen LogP contribution in [-0.2, 0) is 22.1 Å². The Balaban J connectivity index is 1.39. The summed E-state index contributed by atoms with van der Waals surface area (Å²) in [7, 11) is 1.15. The molecule has 0 N–H and O–H groups in total. The summed E-state index contributed by atoms with van der Waals surface area (Å²) in [5.74, 6) is 0.692. The van der Waals surface area contributed by atoms with Crippen molar-refractivity contribution in [2.24, 2.45) is 0 Å². The number of rotatable bonds is 7. The molecule has 1 aliphatic rings. The predicted molar refractivity (Wildman–Crippen MR) is 139 cm³/mol. The Labute approximate surface area is 213 Å². The molecule has 2 aromatic carbocycles. The van der Waals surface area contributed by atoms with Gasteiger partial charge in [-0.25, -0.2) is 8.42 Å². The molecule has 0 atom stereocenters. The lowest BCUT2D eigenvalue weighted by atomic mass is 10.1. The molecular weight excluding hydrogens is 496 g/mol. The molecule has 1 aliphatic heterocycles. The molecule has 0 bridgehead atoms. The number of methoxy groups -OCH3 is 2. The van der Waals surface area contributed by atoms with Crippen molar-refractivity contribution in [2.75, 3.05) is 21.3 Å². The van der Waals surface area contributed by atoms with Crippen molar-refractivity contribution in [1.82, 2.24) is 9.88 Å². The number of benzene rings is 2. The number of hydrogen-bond acceptors (Lipinski definition) is 7. The summed E-state index contributed by atoms with van der Waals surface area (Å²) >= 11 is 1.60. The number of amides is 1. The van der Waals surface area contributed by atoms with Gasteiger partial charge in [-0.2, -0.15) is 0 Å². The van der Waals surface area contributed by atoms with Gasteiger partial charge in [0.15, 0.2) is 21.3 Å². The number of thiophene rings is 1.